The molecule has 0 aliphatic carbocycles. The number of ether oxygens (including phenoxy) is 1. The summed E-state index contributed by atoms with van der Waals surface area (Å²) in [5.74, 6) is -1.40. The molecule has 0 aromatic heterocycles. The van der Waals surface area contributed by atoms with Crippen molar-refractivity contribution in [2.45, 2.75) is 38.4 Å². The molecule has 0 bridgehead atoms. The van der Waals surface area contributed by atoms with E-state index in [4.69, 9.17) is 9.84 Å². The Morgan fingerprint density at radius 3 is 2.43 bits per heavy atom. The molecule has 0 radical (unpaired) electrons. The van der Waals surface area contributed by atoms with Crippen LogP contribution in [0.1, 0.15) is 26.2 Å². The van der Waals surface area contributed by atoms with Crippen LogP contribution in [-0.4, -0.2) is 67.8 Å². The number of hydrogen-bond acceptors (Lipinski definition) is 5. The molecule has 1 saturated heterocycles. The van der Waals surface area contributed by atoms with E-state index in [-0.39, 0.29) is 5.91 Å². The number of rotatable bonds is 8. The Balaban J connectivity index is 2.27. The third-order valence-corrected chi connectivity index (χ3v) is 4.67. The summed E-state index contributed by atoms with van der Waals surface area (Å²) in [6, 6.07) is 0. The first-order chi connectivity index (χ1) is 9.75. The van der Waals surface area contributed by atoms with Gasteiger partial charge in [0.25, 0.3) is 0 Å². The summed E-state index contributed by atoms with van der Waals surface area (Å²) >= 11 is 0. The Morgan fingerprint density at radius 2 is 1.95 bits per heavy atom. The Labute approximate surface area is 124 Å². The Hall–Kier alpha value is -1.19. The zero-order valence-corrected chi connectivity index (χ0v) is 13.1. The van der Waals surface area contributed by atoms with Crippen LogP contribution in [0.3, 0.4) is 0 Å². The lowest BCUT2D eigenvalue weighted by Crippen LogP contribution is -2.38. The van der Waals surface area contributed by atoms with Crippen molar-refractivity contribution in [2.24, 2.45) is 0 Å². The van der Waals surface area contributed by atoms with E-state index in [9.17, 15) is 18.0 Å². The molecule has 1 amide bonds. The van der Waals surface area contributed by atoms with Crippen molar-refractivity contribution < 1.29 is 27.9 Å². The number of hydrogen-bond donors (Lipinski definition) is 2. The van der Waals surface area contributed by atoms with Gasteiger partial charge in [-0.3, -0.25) is 4.79 Å². The highest BCUT2D eigenvalue weighted by Gasteiger charge is 2.34. The van der Waals surface area contributed by atoms with Crippen LogP contribution in [0.15, 0.2) is 0 Å². The number of carboxylic acids is 1. The van der Waals surface area contributed by atoms with Crippen LogP contribution in [0.4, 0.5) is 0 Å². The summed E-state index contributed by atoms with van der Waals surface area (Å²) in [4.78, 5) is 22.5. The van der Waals surface area contributed by atoms with Crippen molar-refractivity contribution in [3.63, 3.8) is 0 Å². The largest absolute Gasteiger partial charge is 0.479 e. The molecule has 0 aromatic carbocycles. The molecule has 1 heterocycles. The molecule has 1 fully saturated rings. The maximum Gasteiger partial charge on any atom is 0.332 e. The molecular weight excluding hydrogens is 300 g/mol. The van der Waals surface area contributed by atoms with E-state index in [0.717, 1.165) is 6.26 Å². The van der Waals surface area contributed by atoms with Gasteiger partial charge in [0.2, 0.25) is 15.9 Å². The highest BCUT2D eigenvalue weighted by atomic mass is 32.2. The van der Waals surface area contributed by atoms with E-state index < -0.39 is 28.2 Å². The van der Waals surface area contributed by atoms with E-state index in [1.54, 1.807) is 6.92 Å². The maximum absolute atomic E-state index is 11.8. The van der Waals surface area contributed by atoms with Crippen molar-refractivity contribution in [3.05, 3.63) is 0 Å². The van der Waals surface area contributed by atoms with Crippen molar-refractivity contribution in [1.82, 2.24) is 9.62 Å². The van der Waals surface area contributed by atoms with E-state index in [1.165, 1.54) is 4.31 Å². The zero-order valence-electron chi connectivity index (χ0n) is 12.2. The van der Waals surface area contributed by atoms with Gasteiger partial charge in [-0.15, -0.1) is 0 Å². The van der Waals surface area contributed by atoms with Gasteiger partial charge in [0.15, 0.2) is 6.10 Å². The first kappa shape index (κ1) is 17.9. The number of sulfonamides is 1. The monoisotopic (exact) mass is 322 g/mol. The average molecular weight is 322 g/mol. The SMILES string of the molecule is CCN(CCCNC(=O)C1CCC(C(=O)O)O1)S(C)(=O)=O. The van der Waals surface area contributed by atoms with Gasteiger partial charge in [-0.05, 0) is 19.3 Å². The molecule has 8 nitrogen and oxygen atoms in total. The predicted octanol–water partition coefficient (Wildman–Crippen LogP) is -0.594. The van der Waals surface area contributed by atoms with Gasteiger partial charge in [0.1, 0.15) is 6.10 Å². The lowest BCUT2D eigenvalue weighted by molar-refractivity contribution is -0.151. The third-order valence-electron chi connectivity index (χ3n) is 3.29. The highest BCUT2D eigenvalue weighted by Crippen LogP contribution is 2.19. The molecule has 21 heavy (non-hydrogen) atoms. The second-order valence-electron chi connectivity index (χ2n) is 4.93. The molecule has 0 aromatic rings. The van der Waals surface area contributed by atoms with Crippen molar-refractivity contribution in [3.8, 4) is 0 Å². The molecule has 1 aliphatic rings. The standard InChI is InChI=1S/C12H22N2O6S/c1-3-14(21(2,18)19)8-4-7-13-11(15)9-5-6-10(20-9)12(16)17/h9-10H,3-8H2,1-2H3,(H,13,15)(H,16,17). The average Bonchev–Trinajstić information content (AvgIpc) is 2.86. The number of nitrogens with zero attached hydrogens (tertiary/aromatic N) is 1. The molecule has 2 unspecified atom stereocenters. The smallest absolute Gasteiger partial charge is 0.332 e. The van der Waals surface area contributed by atoms with Gasteiger partial charge in [0, 0.05) is 19.6 Å². The van der Waals surface area contributed by atoms with Crippen molar-refractivity contribution in [1.29, 1.82) is 0 Å². The molecule has 2 atom stereocenters. The summed E-state index contributed by atoms with van der Waals surface area (Å²) in [7, 11) is -3.22. The summed E-state index contributed by atoms with van der Waals surface area (Å²) in [5.41, 5.74) is 0. The van der Waals surface area contributed by atoms with Gasteiger partial charge < -0.3 is 15.2 Å². The second kappa shape index (κ2) is 7.71. The lowest BCUT2D eigenvalue weighted by atomic mass is 10.2. The van der Waals surface area contributed by atoms with Crippen molar-refractivity contribution >= 4 is 21.9 Å². The first-order valence-electron chi connectivity index (χ1n) is 6.86. The highest BCUT2D eigenvalue weighted by molar-refractivity contribution is 7.88. The second-order valence-corrected chi connectivity index (χ2v) is 6.91. The quantitative estimate of drug-likeness (QED) is 0.577. The zero-order chi connectivity index (χ0) is 16.0. The van der Waals surface area contributed by atoms with Gasteiger partial charge in [-0.25, -0.2) is 17.5 Å². The topological polar surface area (TPSA) is 113 Å². The number of aliphatic carboxylic acids is 1. The predicted molar refractivity (Wildman–Crippen MR) is 75.2 cm³/mol. The minimum Gasteiger partial charge on any atom is -0.479 e. The van der Waals surface area contributed by atoms with Gasteiger partial charge >= 0.3 is 5.97 Å². The molecule has 0 spiro atoms. The Kier molecular flexibility index (Phi) is 6.56. The van der Waals surface area contributed by atoms with Gasteiger partial charge in [-0.1, -0.05) is 6.92 Å². The number of amides is 1. The van der Waals surface area contributed by atoms with Gasteiger partial charge in [0.05, 0.1) is 6.26 Å². The number of nitrogens with one attached hydrogen (secondary N) is 1. The van der Waals surface area contributed by atoms with Crippen LogP contribution >= 0.6 is 0 Å². The van der Waals surface area contributed by atoms with E-state index in [2.05, 4.69) is 5.32 Å². The van der Waals surface area contributed by atoms with Crippen LogP contribution in [0, 0.1) is 0 Å². The summed E-state index contributed by atoms with van der Waals surface area (Å²) in [6.07, 6.45) is 0.693. The summed E-state index contributed by atoms with van der Waals surface area (Å²) < 4.78 is 29.2. The first-order valence-corrected chi connectivity index (χ1v) is 8.71. The third kappa shape index (κ3) is 5.60. The van der Waals surface area contributed by atoms with Gasteiger partial charge in [-0.2, -0.15) is 0 Å². The molecule has 2 N–H and O–H groups in total. The van der Waals surface area contributed by atoms with E-state index >= 15 is 0 Å². The Morgan fingerprint density at radius 1 is 1.33 bits per heavy atom. The molecule has 9 heteroatoms. The van der Waals surface area contributed by atoms with E-state index in [1.807, 2.05) is 0 Å². The summed E-state index contributed by atoms with van der Waals surface area (Å²) in [5, 5.41) is 11.4. The fourth-order valence-corrected chi connectivity index (χ4v) is 3.08. The van der Waals surface area contributed by atoms with Crippen LogP contribution in [-0.2, 0) is 24.3 Å². The molecular formula is C12H22N2O6S. The Bertz CT molecular complexity index is 478. The molecule has 122 valence electrons. The fraction of sp³-hybridized carbons (Fsp3) is 0.833. The fourth-order valence-electron chi connectivity index (χ4n) is 2.15. The minimum absolute atomic E-state index is 0.322. The van der Waals surface area contributed by atoms with Crippen molar-refractivity contribution in [2.75, 3.05) is 25.9 Å². The molecule has 0 saturated carbocycles. The van der Waals surface area contributed by atoms with Crippen LogP contribution < -0.4 is 5.32 Å². The minimum atomic E-state index is -3.22. The summed E-state index contributed by atoms with van der Waals surface area (Å²) in [6.45, 7) is 2.79. The van der Waals surface area contributed by atoms with Crippen LogP contribution in [0.2, 0.25) is 0 Å². The maximum atomic E-state index is 11.8. The lowest BCUT2D eigenvalue weighted by Gasteiger charge is -2.18. The van der Waals surface area contributed by atoms with Crippen LogP contribution in [0.5, 0.6) is 0 Å². The molecule has 1 rings (SSSR count). The normalized spacial score (nSPS) is 22.4. The molecule has 1 aliphatic heterocycles. The number of carboxylic acid groups (broad SMARTS) is 1. The van der Waals surface area contributed by atoms with Crippen LogP contribution in [0.25, 0.3) is 0 Å². The number of carbonyl (C=O) groups excluding carboxylic acids is 1. The van der Waals surface area contributed by atoms with E-state index in [0.29, 0.717) is 38.9 Å². The number of carbonyl (C=O) groups is 2.